The third-order valence-electron chi connectivity index (χ3n) is 10.1. The normalized spacial score (nSPS) is 16.2. The fourth-order valence-electron chi connectivity index (χ4n) is 6.39. The predicted octanol–water partition coefficient (Wildman–Crippen LogP) is 9.67. The summed E-state index contributed by atoms with van der Waals surface area (Å²) in [6.45, 7) is 27.3. The van der Waals surface area contributed by atoms with Gasteiger partial charge in [0.1, 0.15) is 5.75 Å². The van der Waals surface area contributed by atoms with E-state index in [9.17, 15) is 4.79 Å². The van der Waals surface area contributed by atoms with Crippen LogP contribution in [0.2, 0.25) is 34.8 Å². The van der Waals surface area contributed by atoms with E-state index in [1.165, 1.54) is 5.56 Å². The average molecular weight is 639 g/mol. The number of hydrogen-bond donors (Lipinski definition) is 1. The summed E-state index contributed by atoms with van der Waals surface area (Å²) >= 11 is 0. The number of nitrogens with zero attached hydrogens (tertiary/aromatic N) is 1. The van der Waals surface area contributed by atoms with Crippen molar-refractivity contribution in [3.63, 3.8) is 0 Å². The number of ether oxygens (including phenoxy) is 1. The maximum Gasteiger partial charge on any atom is 0.260 e. The molecule has 1 heterocycles. The average Bonchev–Trinajstić information content (AvgIpc) is 3.37. The quantitative estimate of drug-likeness (QED) is 0.185. The topological polar surface area (TPSA) is 74.0 Å². The van der Waals surface area contributed by atoms with Crippen molar-refractivity contribution in [2.45, 2.75) is 123 Å². The molecule has 0 saturated carbocycles. The van der Waals surface area contributed by atoms with Crippen molar-refractivity contribution in [1.82, 2.24) is 4.90 Å². The molecule has 1 atom stereocenters. The van der Waals surface area contributed by atoms with Crippen molar-refractivity contribution >= 4 is 33.8 Å². The van der Waals surface area contributed by atoms with Crippen molar-refractivity contribution in [2.24, 2.45) is 0 Å². The van der Waals surface area contributed by atoms with Gasteiger partial charge in [-0.2, -0.15) is 0 Å². The number of carbonyl (C=O) groups is 1. The number of methoxy groups -OCH3 is 1. The van der Waals surface area contributed by atoms with E-state index in [0.717, 1.165) is 24.0 Å². The maximum absolute atomic E-state index is 14.3. The Labute approximate surface area is 269 Å². The predicted molar refractivity (Wildman–Crippen MR) is 191 cm³/mol. The van der Waals surface area contributed by atoms with Gasteiger partial charge in [0.15, 0.2) is 14.1 Å². The lowest BCUT2D eigenvalue weighted by atomic mass is 10.0. The Balaban J connectivity index is 2.03. The molecule has 1 aliphatic rings. The van der Waals surface area contributed by atoms with Crippen LogP contribution in [0.25, 0.3) is 5.57 Å². The second kappa shape index (κ2) is 13.8. The van der Waals surface area contributed by atoms with E-state index >= 15 is 0 Å². The van der Waals surface area contributed by atoms with Gasteiger partial charge < -0.3 is 24.2 Å². The first-order chi connectivity index (χ1) is 20.4. The molecule has 0 spiro atoms. The second-order valence-corrected chi connectivity index (χ2v) is 25.0. The summed E-state index contributed by atoms with van der Waals surface area (Å²) in [5, 5.41) is 0.0702. The van der Waals surface area contributed by atoms with E-state index in [1.807, 2.05) is 11.1 Å². The first-order valence-corrected chi connectivity index (χ1v) is 21.4. The van der Waals surface area contributed by atoms with E-state index in [4.69, 9.17) is 19.3 Å². The standard InChI is InChI=1S/C36H58N2O4Si2/c1-14-27-15-17-28(18-16-27)29-19-30(23-41-43(12,13)36(8,9)10)38(22-29)35(39)31-20-33(40-11)34(21-32(31)37)42-44(24(2)3,25(4)5)26(6)7/h15-18,20-22,24-26,30H,14,19,23,37H2,1-13H3/t30-/m0/s1. The molecule has 0 aliphatic carbocycles. The highest BCUT2D eigenvalue weighted by Gasteiger charge is 2.47. The van der Waals surface area contributed by atoms with Gasteiger partial charge in [0.05, 0.1) is 25.3 Å². The van der Waals surface area contributed by atoms with Gasteiger partial charge in [-0.05, 0) is 70.4 Å². The molecule has 2 aromatic rings. The van der Waals surface area contributed by atoms with Crippen LogP contribution in [-0.4, -0.2) is 47.2 Å². The lowest BCUT2D eigenvalue weighted by Crippen LogP contribution is -2.50. The Morgan fingerprint density at radius 3 is 2.02 bits per heavy atom. The molecule has 0 unspecified atom stereocenters. The molecule has 6 nitrogen and oxygen atoms in total. The van der Waals surface area contributed by atoms with E-state index in [-0.39, 0.29) is 17.0 Å². The minimum Gasteiger partial charge on any atom is -0.540 e. The Bertz CT molecular complexity index is 1310. The summed E-state index contributed by atoms with van der Waals surface area (Å²) < 4.78 is 19.5. The number of benzene rings is 2. The minimum absolute atomic E-state index is 0.0702. The molecule has 1 amide bonds. The van der Waals surface area contributed by atoms with Crippen LogP contribution in [0.1, 0.15) is 97.1 Å². The van der Waals surface area contributed by atoms with Crippen LogP contribution < -0.4 is 14.9 Å². The van der Waals surface area contributed by atoms with Crippen LogP contribution in [0.15, 0.2) is 42.6 Å². The highest BCUT2D eigenvalue weighted by molar-refractivity contribution is 6.78. The largest absolute Gasteiger partial charge is 0.540 e. The van der Waals surface area contributed by atoms with Gasteiger partial charge in [0, 0.05) is 18.0 Å². The molecular formula is C36H58N2O4Si2. The lowest BCUT2D eigenvalue weighted by Gasteiger charge is -2.42. The highest BCUT2D eigenvalue weighted by Crippen LogP contribution is 2.46. The Hall–Kier alpha value is -2.56. The molecule has 0 fully saturated rings. The third-order valence-corrected chi connectivity index (χ3v) is 20.6. The number of anilines is 1. The summed E-state index contributed by atoms with van der Waals surface area (Å²) in [6.07, 6.45) is 3.70. The van der Waals surface area contributed by atoms with Crippen LogP contribution in [0.3, 0.4) is 0 Å². The maximum atomic E-state index is 14.3. The zero-order valence-electron chi connectivity index (χ0n) is 29.6. The Morgan fingerprint density at radius 2 is 1.55 bits per heavy atom. The van der Waals surface area contributed by atoms with Crippen LogP contribution >= 0.6 is 0 Å². The van der Waals surface area contributed by atoms with Crippen LogP contribution in [-0.2, 0) is 10.8 Å². The Kier molecular flexibility index (Phi) is 11.3. The van der Waals surface area contributed by atoms with E-state index in [1.54, 1.807) is 19.2 Å². The van der Waals surface area contributed by atoms with Crippen molar-refractivity contribution < 1.29 is 18.4 Å². The number of rotatable bonds is 12. The van der Waals surface area contributed by atoms with Gasteiger partial charge >= 0.3 is 0 Å². The van der Waals surface area contributed by atoms with Gasteiger partial charge in [-0.3, -0.25) is 4.79 Å². The fraction of sp³-hybridized carbons (Fsp3) is 0.583. The summed E-state index contributed by atoms with van der Waals surface area (Å²) in [4.78, 5) is 16.2. The lowest BCUT2D eigenvalue weighted by molar-refractivity contribution is 0.0738. The molecule has 8 heteroatoms. The zero-order chi connectivity index (χ0) is 33.2. The molecule has 0 bridgehead atoms. The molecule has 3 rings (SSSR count). The summed E-state index contributed by atoms with van der Waals surface area (Å²) in [5.74, 6) is 1.00. The van der Waals surface area contributed by atoms with Gasteiger partial charge in [-0.25, -0.2) is 0 Å². The monoisotopic (exact) mass is 638 g/mol. The summed E-state index contributed by atoms with van der Waals surface area (Å²) in [7, 11) is -2.68. The van der Waals surface area contributed by atoms with Crippen molar-refractivity contribution in [1.29, 1.82) is 0 Å². The number of nitrogen functional groups attached to an aromatic ring is 1. The smallest absolute Gasteiger partial charge is 0.260 e. The van der Waals surface area contributed by atoms with Gasteiger partial charge in [0.25, 0.3) is 14.2 Å². The molecule has 44 heavy (non-hydrogen) atoms. The summed E-state index contributed by atoms with van der Waals surface area (Å²) in [6, 6.07) is 12.1. The second-order valence-electron chi connectivity index (χ2n) is 14.9. The van der Waals surface area contributed by atoms with Crippen LogP contribution in [0.4, 0.5) is 5.69 Å². The minimum atomic E-state index is -2.27. The van der Waals surface area contributed by atoms with Gasteiger partial charge in [-0.15, -0.1) is 0 Å². The first-order valence-electron chi connectivity index (χ1n) is 16.3. The fourth-order valence-corrected chi connectivity index (χ4v) is 12.7. The van der Waals surface area contributed by atoms with E-state index in [0.29, 0.717) is 46.0 Å². The molecule has 244 valence electrons. The Morgan fingerprint density at radius 1 is 0.977 bits per heavy atom. The summed E-state index contributed by atoms with van der Waals surface area (Å²) in [5.41, 5.74) is 12.2. The molecule has 0 radical (unpaired) electrons. The van der Waals surface area contributed by atoms with Gasteiger partial charge in [-0.1, -0.05) is 93.5 Å². The highest BCUT2D eigenvalue weighted by atomic mass is 28.4. The molecule has 2 N–H and O–H groups in total. The molecular weight excluding hydrogens is 581 g/mol. The van der Waals surface area contributed by atoms with Gasteiger partial charge in [0.2, 0.25) is 0 Å². The molecule has 0 aromatic heterocycles. The van der Waals surface area contributed by atoms with E-state index < -0.39 is 16.6 Å². The number of amides is 1. The zero-order valence-corrected chi connectivity index (χ0v) is 31.6. The third kappa shape index (κ3) is 7.29. The van der Waals surface area contributed by atoms with Crippen LogP contribution in [0, 0.1) is 0 Å². The number of carbonyl (C=O) groups excluding carboxylic acids is 1. The molecule has 1 aliphatic heterocycles. The number of nitrogens with two attached hydrogens (primary N) is 1. The van der Waals surface area contributed by atoms with E-state index in [2.05, 4.69) is 107 Å². The van der Waals surface area contributed by atoms with Crippen LogP contribution in [0.5, 0.6) is 11.5 Å². The molecule has 2 aromatic carbocycles. The molecule has 0 saturated heterocycles. The first kappa shape index (κ1) is 35.9. The van der Waals surface area contributed by atoms with Crippen molar-refractivity contribution in [2.75, 3.05) is 19.5 Å². The number of hydrogen-bond acceptors (Lipinski definition) is 5. The number of aryl methyl sites for hydroxylation is 1. The van der Waals surface area contributed by atoms with Crippen molar-refractivity contribution in [3.8, 4) is 11.5 Å². The van der Waals surface area contributed by atoms with Crippen molar-refractivity contribution in [3.05, 3.63) is 59.3 Å². The SMILES string of the molecule is CCc1ccc(C2=CN(C(=O)c3cc(OC)c(O[Si](C(C)C)(C(C)C)C(C)C)cc3N)[C@H](CO[Si](C)(C)C(C)(C)C)C2)cc1.